The molecular weight excluding hydrogens is 230 g/mol. The number of benzene rings is 1. The van der Waals surface area contributed by atoms with E-state index in [-0.39, 0.29) is 18.2 Å². The molecule has 0 bridgehead atoms. The number of methoxy groups -OCH3 is 2. The van der Waals surface area contributed by atoms with Gasteiger partial charge in [0.1, 0.15) is 5.75 Å². The van der Waals surface area contributed by atoms with Gasteiger partial charge >= 0.3 is 0 Å². The van der Waals surface area contributed by atoms with Crippen LogP contribution in [0.25, 0.3) is 0 Å². The van der Waals surface area contributed by atoms with Crippen LogP contribution in [0.1, 0.15) is 18.5 Å². The molecule has 1 N–H and O–H groups in total. The van der Waals surface area contributed by atoms with Gasteiger partial charge in [0.05, 0.1) is 12.2 Å². The zero-order valence-electron chi connectivity index (χ0n) is 11.2. The van der Waals surface area contributed by atoms with E-state index in [2.05, 4.69) is 11.8 Å². The normalized spacial score (nSPS) is 26.4. The minimum Gasteiger partial charge on any atom is -0.508 e. The first-order chi connectivity index (χ1) is 8.65. The average molecular weight is 251 g/mol. The van der Waals surface area contributed by atoms with E-state index in [1.807, 2.05) is 18.2 Å². The van der Waals surface area contributed by atoms with Crippen LogP contribution >= 0.6 is 0 Å². The van der Waals surface area contributed by atoms with Gasteiger partial charge in [-0.2, -0.15) is 0 Å². The highest BCUT2D eigenvalue weighted by Crippen LogP contribution is 2.28. The highest BCUT2D eigenvalue weighted by Gasteiger charge is 2.35. The van der Waals surface area contributed by atoms with Crippen LogP contribution < -0.4 is 0 Å². The maximum absolute atomic E-state index is 9.53. The van der Waals surface area contributed by atoms with Gasteiger partial charge in [-0.3, -0.25) is 4.90 Å². The second-order valence-electron chi connectivity index (χ2n) is 4.77. The Labute approximate surface area is 108 Å². The van der Waals surface area contributed by atoms with Gasteiger partial charge in [0.2, 0.25) is 0 Å². The molecule has 0 aromatic heterocycles. The highest BCUT2D eigenvalue weighted by molar-refractivity contribution is 5.29. The van der Waals surface area contributed by atoms with Crippen molar-refractivity contribution in [2.75, 3.05) is 27.3 Å². The first kappa shape index (κ1) is 13.3. The second-order valence-corrected chi connectivity index (χ2v) is 4.77. The van der Waals surface area contributed by atoms with E-state index in [1.54, 1.807) is 20.3 Å². The summed E-state index contributed by atoms with van der Waals surface area (Å²) in [6, 6.07) is 7.66. The Morgan fingerprint density at radius 1 is 1.22 bits per heavy atom. The molecule has 0 aliphatic carbocycles. The van der Waals surface area contributed by atoms with Crippen molar-refractivity contribution in [3.63, 3.8) is 0 Å². The molecule has 3 unspecified atom stereocenters. The summed E-state index contributed by atoms with van der Waals surface area (Å²) in [6.07, 6.45) is 0.240. The Kier molecular flexibility index (Phi) is 4.22. The summed E-state index contributed by atoms with van der Waals surface area (Å²) >= 11 is 0. The topological polar surface area (TPSA) is 41.9 Å². The first-order valence-electron chi connectivity index (χ1n) is 6.24. The Morgan fingerprint density at radius 2 is 1.83 bits per heavy atom. The molecule has 18 heavy (non-hydrogen) atoms. The number of phenolic OH excluding ortho intramolecular Hbond substituents is 1. The van der Waals surface area contributed by atoms with Crippen molar-refractivity contribution in [2.45, 2.75) is 25.2 Å². The van der Waals surface area contributed by atoms with Gasteiger partial charge < -0.3 is 14.6 Å². The summed E-state index contributed by atoms with van der Waals surface area (Å²) in [4.78, 5) is 2.32. The van der Waals surface area contributed by atoms with Gasteiger partial charge in [0.15, 0.2) is 0 Å². The molecule has 3 atom stereocenters. The Hall–Kier alpha value is -1.10. The van der Waals surface area contributed by atoms with Crippen LogP contribution in [0.3, 0.4) is 0 Å². The van der Waals surface area contributed by atoms with Crippen LogP contribution in [0.5, 0.6) is 5.75 Å². The standard InChI is InChI=1S/C14H21NO3/c1-10(11-5-4-6-12(16)7-11)15-8-13(17-2)14(9-15)18-3/h4-7,10,13-14,16H,8-9H2,1-3H3. The molecule has 1 heterocycles. The van der Waals surface area contributed by atoms with E-state index in [9.17, 15) is 5.11 Å². The molecule has 1 aromatic carbocycles. The molecule has 0 saturated carbocycles. The number of hydrogen-bond acceptors (Lipinski definition) is 4. The minimum atomic E-state index is 0.120. The third-order valence-corrected chi connectivity index (χ3v) is 3.75. The first-order valence-corrected chi connectivity index (χ1v) is 6.24. The van der Waals surface area contributed by atoms with E-state index >= 15 is 0 Å². The van der Waals surface area contributed by atoms with Crippen molar-refractivity contribution in [1.82, 2.24) is 4.90 Å². The number of likely N-dealkylation sites (tertiary alicyclic amines) is 1. The second kappa shape index (κ2) is 5.69. The number of rotatable bonds is 4. The Bertz CT molecular complexity index is 384. The maximum atomic E-state index is 9.53. The molecule has 1 aliphatic heterocycles. The molecule has 1 aromatic rings. The zero-order valence-corrected chi connectivity index (χ0v) is 11.2. The molecule has 0 spiro atoms. The lowest BCUT2D eigenvalue weighted by Gasteiger charge is -2.24. The highest BCUT2D eigenvalue weighted by atomic mass is 16.5. The lowest BCUT2D eigenvalue weighted by Crippen LogP contribution is -2.27. The Morgan fingerprint density at radius 3 is 2.33 bits per heavy atom. The van der Waals surface area contributed by atoms with Crippen LogP contribution in [0.15, 0.2) is 24.3 Å². The molecule has 2 rings (SSSR count). The molecule has 4 nitrogen and oxygen atoms in total. The molecule has 1 fully saturated rings. The van der Waals surface area contributed by atoms with Gasteiger partial charge in [0.25, 0.3) is 0 Å². The lowest BCUT2D eigenvalue weighted by atomic mass is 10.1. The van der Waals surface area contributed by atoms with Gasteiger partial charge in [0, 0.05) is 33.4 Å². The van der Waals surface area contributed by atoms with Crippen molar-refractivity contribution in [2.24, 2.45) is 0 Å². The molecule has 0 radical (unpaired) electrons. The third-order valence-electron chi connectivity index (χ3n) is 3.75. The van der Waals surface area contributed by atoms with Gasteiger partial charge in [-0.25, -0.2) is 0 Å². The van der Waals surface area contributed by atoms with Crippen molar-refractivity contribution >= 4 is 0 Å². The molecule has 1 aliphatic rings. The monoisotopic (exact) mass is 251 g/mol. The lowest BCUT2D eigenvalue weighted by molar-refractivity contribution is -0.00461. The Balaban J connectivity index is 2.08. The van der Waals surface area contributed by atoms with Gasteiger partial charge in [-0.05, 0) is 24.6 Å². The molecular formula is C14H21NO3. The molecule has 4 heteroatoms. The minimum absolute atomic E-state index is 0.120. The number of ether oxygens (including phenoxy) is 2. The summed E-state index contributed by atoms with van der Waals surface area (Å²) in [7, 11) is 3.44. The van der Waals surface area contributed by atoms with Crippen LogP contribution in [-0.2, 0) is 9.47 Å². The largest absolute Gasteiger partial charge is 0.508 e. The zero-order chi connectivity index (χ0) is 13.1. The fraction of sp³-hybridized carbons (Fsp3) is 0.571. The smallest absolute Gasteiger partial charge is 0.115 e. The fourth-order valence-electron chi connectivity index (χ4n) is 2.54. The molecule has 100 valence electrons. The van der Waals surface area contributed by atoms with Crippen LogP contribution in [0.4, 0.5) is 0 Å². The van der Waals surface area contributed by atoms with E-state index in [0.29, 0.717) is 5.75 Å². The third kappa shape index (κ3) is 2.66. The van der Waals surface area contributed by atoms with Crippen molar-refractivity contribution in [1.29, 1.82) is 0 Å². The predicted molar refractivity (Wildman–Crippen MR) is 69.7 cm³/mol. The van der Waals surface area contributed by atoms with Gasteiger partial charge in [-0.1, -0.05) is 12.1 Å². The quantitative estimate of drug-likeness (QED) is 0.886. The number of phenols is 1. The van der Waals surface area contributed by atoms with Crippen molar-refractivity contribution < 1.29 is 14.6 Å². The van der Waals surface area contributed by atoms with Crippen LogP contribution in [0.2, 0.25) is 0 Å². The summed E-state index contributed by atoms with van der Waals surface area (Å²) in [5.74, 6) is 0.310. The number of hydrogen-bond donors (Lipinski definition) is 1. The van der Waals surface area contributed by atoms with E-state index in [4.69, 9.17) is 9.47 Å². The summed E-state index contributed by atoms with van der Waals surface area (Å²) in [5, 5.41) is 9.53. The predicted octanol–water partition coefficient (Wildman–Crippen LogP) is 1.80. The molecule has 1 saturated heterocycles. The van der Waals surface area contributed by atoms with E-state index < -0.39 is 0 Å². The maximum Gasteiger partial charge on any atom is 0.115 e. The van der Waals surface area contributed by atoms with Crippen molar-refractivity contribution in [3.05, 3.63) is 29.8 Å². The van der Waals surface area contributed by atoms with Crippen LogP contribution in [0, 0.1) is 0 Å². The van der Waals surface area contributed by atoms with Gasteiger partial charge in [-0.15, -0.1) is 0 Å². The number of nitrogens with zero attached hydrogens (tertiary/aromatic N) is 1. The SMILES string of the molecule is COC1CN(C(C)c2cccc(O)c2)CC1OC. The van der Waals surface area contributed by atoms with Crippen LogP contribution in [-0.4, -0.2) is 49.5 Å². The van der Waals surface area contributed by atoms with Crippen molar-refractivity contribution in [3.8, 4) is 5.75 Å². The van der Waals surface area contributed by atoms with E-state index in [0.717, 1.165) is 18.7 Å². The number of aromatic hydroxyl groups is 1. The molecule has 0 amide bonds. The summed E-state index contributed by atoms with van der Waals surface area (Å²) in [6.45, 7) is 3.84. The van der Waals surface area contributed by atoms with E-state index in [1.165, 1.54) is 0 Å². The fourth-order valence-corrected chi connectivity index (χ4v) is 2.54. The average Bonchev–Trinajstić information content (AvgIpc) is 2.81. The summed E-state index contributed by atoms with van der Waals surface area (Å²) < 4.78 is 10.9. The summed E-state index contributed by atoms with van der Waals surface area (Å²) in [5.41, 5.74) is 1.11.